The number of benzene rings is 1. The second-order valence-electron chi connectivity index (χ2n) is 6.94. The quantitative estimate of drug-likeness (QED) is 0.495. The minimum atomic E-state index is -2.27. The van der Waals surface area contributed by atoms with E-state index < -0.39 is 6.43 Å². The van der Waals surface area contributed by atoms with Crippen LogP contribution >= 0.6 is 0 Å². The minimum absolute atomic E-state index is 0.101. The monoisotopic (exact) mass is 398 g/mol. The van der Waals surface area contributed by atoms with Crippen molar-refractivity contribution in [3.05, 3.63) is 24.3 Å². The number of alkyl halides is 2. The molecule has 1 saturated heterocycles. The molecule has 0 spiro atoms. The molecule has 0 radical (unpaired) electrons. The maximum absolute atomic E-state index is 12.5. The van der Waals surface area contributed by atoms with Gasteiger partial charge >= 0.3 is 0 Å². The first-order valence-electron chi connectivity index (χ1n) is 9.86. The summed E-state index contributed by atoms with van der Waals surface area (Å²) in [6, 6.07) is 7.73. The summed E-state index contributed by atoms with van der Waals surface area (Å²) in [5, 5.41) is 6.66. The molecule has 1 fully saturated rings. The number of likely N-dealkylation sites (tertiary alicyclic amines) is 1. The molecule has 1 aromatic carbocycles. The number of halogens is 2. The highest BCUT2D eigenvalue weighted by molar-refractivity contribution is 5.80. The number of rotatable bonds is 9. The lowest BCUT2D eigenvalue weighted by Gasteiger charge is -2.32. The van der Waals surface area contributed by atoms with Gasteiger partial charge in [-0.1, -0.05) is 6.07 Å². The van der Waals surface area contributed by atoms with Crippen molar-refractivity contribution in [2.24, 2.45) is 4.99 Å². The van der Waals surface area contributed by atoms with E-state index >= 15 is 0 Å². The average Bonchev–Trinajstić information content (AvgIpc) is 2.67. The molecular formula is C20H32F2N4O2. The fourth-order valence-corrected chi connectivity index (χ4v) is 3.13. The topological polar surface area (TPSA) is 58.1 Å². The average molecular weight is 398 g/mol. The molecule has 1 aromatic rings. The van der Waals surface area contributed by atoms with E-state index in [0.29, 0.717) is 19.6 Å². The van der Waals surface area contributed by atoms with E-state index in [-0.39, 0.29) is 18.7 Å². The van der Waals surface area contributed by atoms with Crippen molar-refractivity contribution in [2.45, 2.75) is 45.3 Å². The van der Waals surface area contributed by atoms with E-state index in [9.17, 15) is 8.78 Å². The molecule has 28 heavy (non-hydrogen) atoms. The van der Waals surface area contributed by atoms with Crippen molar-refractivity contribution in [3.63, 3.8) is 0 Å². The predicted molar refractivity (Wildman–Crippen MR) is 108 cm³/mol. The van der Waals surface area contributed by atoms with Crippen molar-refractivity contribution in [1.82, 2.24) is 15.5 Å². The van der Waals surface area contributed by atoms with Crippen molar-refractivity contribution in [2.75, 3.05) is 39.8 Å². The minimum Gasteiger partial charge on any atom is -0.497 e. The van der Waals surface area contributed by atoms with Gasteiger partial charge in [-0.3, -0.25) is 4.90 Å². The molecule has 1 aliphatic heterocycles. The molecule has 0 saturated carbocycles. The smallest absolute Gasteiger partial charge is 0.251 e. The molecule has 8 heteroatoms. The third-order valence-electron chi connectivity index (χ3n) is 4.55. The summed E-state index contributed by atoms with van der Waals surface area (Å²) in [6.07, 6.45) is -0.718. The van der Waals surface area contributed by atoms with Crippen LogP contribution in [-0.4, -0.2) is 69.3 Å². The Labute approximate surface area is 166 Å². The number of methoxy groups -OCH3 is 1. The number of nitrogens with zero attached hydrogens (tertiary/aromatic N) is 2. The van der Waals surface area contributed by atoms with Crippen LogP contribution in [0.1, 0.15) is 26.7 Å². The van der Waals surface area contributed by atoms with Crippen molar-refractivity contribution in [1.29, 1.82) is 0 Å². The Morgan fingerprint density at radius 1 is 1.29 bits per heavy atom. The number of hydrogen-bond acceptors (Lipinski definition) is 4. The molecular weight excluding hydrogens is 366 g/mol. The fraction of sp³-hybridized carbons (Fsp3) is 0.650. The van der Waals surface area contributed by atoms with Crippen LogP contribution in [0.25, 0.3) is 0 Å². The van der Waals surface area contributed by atoms with Gasteiger partial charge in [-0.25, -0.2) is 13.8 Å². The molecule has 0 aromatic heterocycles. The van der Waals surface area contributed by atoms with Crippen LogP contribution in [0.15, 0.2) is 29.3 Å². The molecule has 1 unspecified atom stereocenters. The Bertz CT molecular complexity index is 608. The standard InChI is InChI=1S/C20H32F2N4O2/c1-4-23-20(25-16-8-10-26(11-9-16)14-19(21)22)24-13-15(2)28-18-7-5-6-17(12-18)27-3/h5-7,12,15-16,19H,4,8-11,13-14H2,1-3H3,(H2,23,24,25). The van der Waals surface area contributed by atoms with Crippen molar-refractivity contribution >= 4 is 5.96 Å². The van der Waals surface area contributed by atoms with Crippen LogP contribution in [-0.2, 0) is 0 Å². The Kier molecular flexibility index (Phi) is 9.27. The van der Waals surface area contributed by atoms with Crippen LogP contribution in [0.2, 0.25) is 0 Å². The Morgan fingerprint density at radius 3 is 2.64 bits per heavy atom. The van der Waals surface area contributed by atoms with Crippen LogP contribution in [0.4, 0.5) is 8.78 Å². The second kappa shape index (κ2) is 11.7. The Balaban J connectivity index is 1.82. The molecule has 0 aliphatic carbocycles. The third kappa shape index (κ3) is 7.88. The predicted octanol–water partition coefficient (Wildman–Crippen LogP) is 2.75. The van der Waals surface area contributed by atoms with Gasteiger partial charge < -0.3 is 20.1 Å². The molecule has 0 bridgehead atoms. The summed E-state index contributed by atoms with van der Waals surface area (Å²) in [5.41, 5.74) is 0. The normalized spacial score (nSPS) is 17.4. The molecule has 1 atom stereocenters. The van der Waals surface area contributed by atoms with Gasteiger partial charge in [0, 0.05) is 31.7 Å². The van der Waals surface area contributed by atoms with Crippen LogP contribution < -0.4 is 20.1 Å². The third-order valence-corrected chi connectivity index (χ3v) is 4.55. The highest BCUT2D eigenvalue weighted by atomic mass is 19.3. The Morgan fingerprint density at radius 2 is 2.00 bits per heavy atom. The van der Waals surface area contributed by atoms with E-state index in [2.05, 4.69) is 15.6 Å². The zero-order chi connectivity index (χ0) is 20.4. The lowest BCUT2D eigenvalue weighted by atomic mass is 10.1. The highest BCUT2D eigenvalue weighted by Gasteiger charge is 2.22. The summed E-state index contributed by atoms with van der Waals surface area (Å²) in [5.74, 6) is 2.23. The number of guanidine groups is 1. The highest BCUT2D eigenvalue weighted by Crippen LogP contribution is 2.20. The van der Waals surface area contributed by atoms with E-state index in [1.165, 1.54) is 0 Å². The Hall–Kier alpha value is -2.09. The number of aliphatic imine (C=N–C) groups is 1. The van der Waals surface area contributed by atoms with Gasteiger partial charge in [0.2, 0.25) is 0 Å². The lowest BCUT2D eigenvalue weighted by Crippen LogP contribution is -2.49. The molecule has 1 heterocycles. The van der Waals surface area contributed by atoms with Gasteiger partial charge in [0.15, 0.2) is 5.96 Å². The number of nitrogens with one attached hydrogen (secondary N) is 2. The largest absolute Gasteiger partial charge is 0.497 e. The maximum atomic E-state index is 12.5. The molecule has 2 N–H and O–H groups in total. The van der Waals surface area contributed by atoms with E-state index in [1.807, 2.05) is 43.0 Å². The summed E-state index contributed by atoms with van der Waals surface area (Å²) < 4.78 is 36.1. The van der Waals surface area contributed by atoms with Crippen LogP contribution in [0.3, 0.4) is 0 Å². The van der Waals surface area contributed by atoms with Gasteiger partial charge in [0.1, 0.15) is 17.6 Å². The van der Waals surface area contributed by atoms with Crippen LogP contribution in [0.5, 0.6) is 11.5 Å². The van der Waals surface area contributed by atoms with Gasteiger partial charge in [0.25, 0.3) is 6.43 Å². The summed E-state index contributed by atoms with van der Waals surface area (Å²) in [7, 11) is 1.62. The number of ether oxygens (including phenoxy) is 2. The molecule has 6 nitrogen and oxygen atoms in total. The van der Waals surface area contributed by atoms with E-state index in [1.54, 1.807) is 7.11 Å². The van der Waals surface area contributed by atoms with Gasteiger partial charge in [-0.2, -0.15) is 0 Å². The first kappa shape index (κ1) is 22.2. The number of hydrogen-bond donors (Lipinski definition) is 2. The van der Waals surface area contributed by atoms with Crippen molar-refractivity contribution < 1.29 is 18.3 Å². The van der Waals surface area contributed by atoms with E-state index in [4.69, 9.17) is 9.47 Å². The summed E-state index contributed by atoms with van der Waals surface area (Å²) in [6.45, 7) is 6.44. The first-order valence-corrected chi connectivity index (χ1v) is 9.86. The molecule has 2 rings (SSSR count). The van der Waals surface area contributed by atoms with E-state index in [0.717, 1.165) is 36.8 Å². The maximum Gasteiger partial charge on any atom is 0.251 e. The van der Waals surface area contributed by atoms with Gasteiger partial charge in [0.05, 0.1) is 20.2 Å². The molecule has 1 aliphatic rings. The molecule has 158 valence electrons. The fourth-order valence-electron chi connectivity index (χ4n) is 3.13. The lowest BCUT2D eigenvalue weighted by molar-refractivity contribution is 0.0744. The molecule has 0 amide bonds. The first-order chi connectivity index (χ1) is 13.5. The summed E-state index contributed by atoms with van der Waals surface area (Å²) in [4.78, 5) is 6.43. The van der Waals surface area contributed by atoms with Gasteiger partial charge in [-0.05, 0) is 38.8 Å². The zero-order valence-electron chi connectivity index (χ0n) is 17.0. The summed E-state index contributed by atoms with van der Waals surface area (Å²) >= 11 is 0. The zero-order valence-corrected chi connectivity index (χ0v) is 17.0. The van der Waals surface area contributed by atoms with Gasteiger partial charge in [-0.15, -0.1) is 0 Å². The number of piperidine rings is 1. The SMILES string of the molecule is CCNC(=NCC(C)Oc1cccc(OC)c1)NC1CCN(CC(F)F)CC1. The van der Waals surface area contributed by atoms with Crippen LogP contribution in [0, 0.1) is 0 Å². The second-order valence-corrected chi connectivity index (χ2v) is 6.94. The van der Waals surface area contributed by atoms with Crippen molar-refractivity contribution in [3.8, 4) is 11.5 Å².